The molecule has 4 atom stereocenters. The number of halogens is 3. The molecule has 3 nitrogen and oxygen atoms in total. The summed E-state index contributed by atoms with van der Waals surface area (Å²) in [5, 5.41) is 3.81. The molecule has 2 bridgehead atoms. The first-order chi connectivity index (χ1) is 15.2. The summed E-state index contributed by atoms with van der Waals surface area (Å²) < 4.78 is 19.4. The van der Waals surface area contributed by atoms with Gasteiger partial charge in [-0.15, -0.1) is 24.8 Å². The third-order valence-electron chi connectivity index (χ3n) is 6.98. The first kappa shape index (κ1) is 25.5. The van der Waals surface area contributed by atoms with Crippen molar-refractivity contribution in [3.05, 3.63) is 101 Å². The van der Waals surface area contributed by atoms with Crippen LogP contribution in [-0.4, -0.2) is 37.2 Å². The van der Waals surface area contributed by atoms with Gasteiger partial charge in [0.05, 0.1) is 7.11 Å². The molecule has 2 aliphatic heterocycles. The Kier molecular flexibility index (Phi) is 8.77. The molecule has 1 N–H and O–H groups in total. The van der Waals surface area contributed by atoms with E-state index in [1.54, 1.807) is 19.2 Å². The van der Waals surface area contributed by atoms with Crippen LogP contribution in [0.3, 0.4) is 0 Å². The molecule has 0 amide bonds. The van der Waals surface area contributed by atoms with E-state index in [0.29, 0.717) is 30.5 Å². The quantitative estimate of drug-likeness (QED) is 0.463. The summed E-state index contributed by atoms with van der Waals surface area (Å²) in [6.07, 6.45) is 1.21. The molecule has 2 heterocycles. The molecule has 2 fully saturated rings. The van der Waals surface area contributed by atoms with Gasteiger partial charge in [0.25, 0.3) is 0 Å². The summed E-state index contributed by atoms with van der Waals surface area (Å²) in [6.45, 7) is 2.87. The molecule has 0 saturated carbocycles. The van der Waals surface area contributed by atoms with Crippen LogP contribution in [0.5, 0.6) is 5.75 Å². The van der Waals surface area contributed by atoms with Crippen molar-refractivity contribution in [1.82, 2.24) is 10.2 Å². The van der Waals surface area contributed by atoms with Crippen LogP contribution in [0.15, 0.2) is 78.9 Å². The second-order valence-electron chi connectivity index (χ2n) is 8.70. The van der Waals surface area contributed by atoms with E-state index in [1.807, 2.05) is 0 Å². The topological polar surface area (TPSA) is 24.5 Å². The lowest BCUT2D eigenvalue weighted by atomic mass is 9.78. The van der Waals surface area contributed by atoms with E-state index < -0.39 is 0 Å². The molecule has 0 aliphatic carbocycles. The predicted octanol–water partition coefficient (Wildman–Crippen LogP) is 5.67. The molecule has 176 valence electrons. The molecule has 6 heteroatoms. The SMILES string of the molecule is COc1ccc(F)cc1CNC1C2CCN(C2)C1C(c1ccccc1)c1ccccc1.Cl.Cl. The zero-order valence-corrected chi connectivity index (χ0v) is 20.3. The number of piperidine rings is 1. The summed E-state index contributed by atoms with van der Waals surface area (Å²) in [6, 6.07) is 27.1. The van der Waals surface area contributed by atoms with Crippen molar-refractivity contribution in [3.63, 3.8) is 0 Å². The summed E-state index contributed by atoms with van der Waals surface area (Å²) in [7, 11) is 1.64. The zero-order valence-electron chi connectivity index (χ0n) is 18.7. The number of nitrogens with zero attached hydrogens (tertiary/aromatic N) is 1. The van der Waals surface area contributed by atoms with Gasteiger partial charge in [-0.3, -0.25) is 4.90 Å². The van der Waals surface area contributed by atoms with E-state index >= 15 is 0 Å². The first-order valence-corrected chi connectivity index (χ1v) is 11.1. The Morgan fingerprint density at radius 3 is 2.21 bits per heavy atom. The minimum Gasteiger partial charge on any atom is -0.496 e. The fourth-order valence-corrected chi connectivity index (χ4v) is 5.61. The van der Waals surface area contributed by atoms with Crippen molar-refractivity contribution < 1.29 is 9.13 Å². The lowest BCUT2D eigenvalue weighted by Crippen LogP contribution is -2.50. The van der Waals surface area contributed by atoms with Crippen molar-refractivity contribution in [3.8, 4) is 5.75 Å². The third kappa shape index (κ3) is 5.20. The van der Waals surface area contributed by atoms with Crippen LogP contribution in [0.2, 0.25) is 0 Å². The molecule has 33 heavy (non-hydrogen) atoms. The molecule has 2 saturated heterocycles. The maximum Gasteiger partial charge on any atom is 0.123 e. The summed E-state index contributed by atoms with van der Waals surface area (Å²) in [4.78, 5) is 2.65. The van der Waals surface area contributed by atoms with Crippen molar-refractivity contribution in [2.24, 2.45) is 5.92 Å². The van der Waals surface area contributed by atoms with E-state index in [2.05, 4.69) is 70.9 Å². The van der Waals surface area contributed by atoms with E-state index in [-0.39, 0.29) is 30.6 Å². The molecule has 0 spiro atoms. The highest BCUT2D eigenvalue weighted by atomic mass is 35.5. The Bertz CT molecular complexity index is 982. The third-order valence-corrected chi connectivity index (χ3v) is 6.98. The molecule has 4 unspecified atom stereocenters. The van der Waals surface area contributed by atoms with Crippen LogP contribution in [0, 0.1) is 11.7 Å². The molecular formula is C27H31Cl2FN2O. The normalized spacial score (nSPS) is 23.1. The molecule has 3 aromatic rings. The standard InChI is InChI=1S/C27H29FN2O.2ClH/c1-31-24-13-12-23(28)16-22(24)17-29-26-21-14-15-30(18-21)27(26)25(19-8-4-2-5-9-19)20-10-6-3-7-11-20;;/h2-13,16,21,25-27,29H,14-15,17-18H2,1H3;2*1H. The van der Waals surface area contributed by atoms with Crippen LogP contribution in [0.25, 0.3) is 0 Å². The molecule has 5 rings (SSSR count). The van der Waals surface area contributed by atoms with Gasteiger partial charge in [-0.1, -0.05) is 60.7 Å². The first-order valence-electron chi connectivity index (χ1n) is 11.1. The number of rotatable bonds is 7. The number of hydrogen-bond acceptors (Lipinski definition) is 3. The number of hydrogen-bond donors (Lipinski definition) is 1. The maximum atomic E-state index is 13.9. The van der Waals surface area contributed by atoms with Crippen LogP contribution < -0.4 is 10.1 Å². The molecule has 3 aromatic carbocycles. The number of nitrogens with one attached hydrogen (secondary N) is 1. The summed E-state index contributed by atoms with van der Waals surface area (Å²) in [5.41, 5.74) is 3.57. The number of ether oxygens (including phenoxy) is 1. The number of methoxy groups -OCH3 is 1. The van der Waals surface area contributed by atoms with Gasteiger partial charge in [0.2, 0.25) is 0 Å². The average Bonchev–Trinajstić information content (AvgIpc) is 3.42. The Morgan fingerprint density at radius 2 is 1.61 bits per heavy atom. The second-order valence-corrected chi connectivity index (χ2v) is 8.70. The van der Waals surface area contributed by atoms with E-state index in [1.165, 1.54) is 23.6 Å². The van der Waals surface area contributed by atoms with Crippen LogP contribution in [0.1, 0.15) is 29.0 Å². The lowest BCUT2D eigenvalue weighted by molar-refractivity contribution is 0.197. The minimum absolute atomic E-state index is 0. The minimum atomic E-state index is -0.225. The zero-order chi connectivity index (χ0) is 21.2. The molecule has 0 radical (unpaired) electrons. The van der Waals surface area contributed by atoms with Crippen LogP contribution >= 0.6 is 24.8 Å². The summed E-state index contributed by atoms with van der Waals surface area (Å²) >= 11 is 0. The number of benzene rings is 3. The van der Waals surface area contributed by atoms with Crippen molar-refractivity contribution in [2.45, 2.75) is 31.0 Å². The van der Waals surface area contributed by atoms with Gasteiger partial charge in [-0.05, 0) is 48.2 Å². The van der Waals surface area contributed by atoms with E-state index in [0.717, 1.165) is 24.4 Å². The van der Waals surface area contributed by atoms with Crippen molar-refractivity contribution in [1.29, 1.82) is 0 Å². The molecular weight excluding hydrogens is 458 g/mol. The average molecular weight is 489 g/mol. The highest BCUT2D eigenvalue weighted by Gasteiger charge is 2.49. The van der Waals surface area contributed by atoms with Crippen molar-refractivity contribution >= 4 is 24.8 Å². The molecule has 0 aromatic heterocycles. The lowest BCUT2D eigenvalue weighted by Gasteiger charge is -2.39. The fourth-order valence-electron chi connectivity index (χ4n) is 5.61. The van der Waals surface area contributed by atoms with Crippen LogP contribution in [-0.2, 0) is 6.54 Å². The van der Waals surface area contributed by atoms with Gasteiger partial charge >= 0.3 is 0 Å². The highest BCUT2D eigenvalue weighted by Crippen LogP contribution is 2.43. The van der Waals surface area contributed by atoms with Gasteiger partial charge in [-0.25, -0.2) is 4.39 Å². The molecule has 2 aliphatic rings. The van der Waals surface area contributed by atoms with Gasteiger partial charge < -0.3 is 10.1 Å². The van der Waals surface area contributed by atoms with E-state index in [9.17, 15) is 4.39 Å². The van der Waals surface area contributed by atoms with Gasteiger partial charge in [0.15, 0.2) is 0 Å². The van der Waals surface area contributed by atoms with Gasteiger partial charge in [-0.2, -0.15) is 0 Å². The predicted molar refractivity (Wildman–Crippen MR) is 136 cm³/mol. The Labute approximate surface area is 208 Å². The van der Waals surface area contributed by atoms with Crippen LogP contribution in [0.4, 0.5) is 4.39 Å². The number of fused-ring (bicyclic) bond motifs is 2. The maximum absolute atomic E-state index is 13.9. The summed E-state index contributed by atoms with van der Waals surface area (Å²) in [5.74, 6) is 1.41. The largest absolute Gasteiger partial charge is 0.496 e. The Balaban J connectivity index is 0.00000153. The smallest absolute Gasteiger partial charge is 0.123 e. The second kappa shape index (κ2) is 11.3. The van der Waals surface area contributed by atoms with E-state index in [4.69, 9.17) is 4.74 Å². The van der Waals surface area contributed by atoms with Crippen molar-refractivity contribution in [2.75, 3.05) is 20.2 Å². The van der Waals surface area contributed by atoms with Gasteiger partial charge in [0.1, 0.15) is 11.6 Å². The fraction of sp³-hybridized carbons (Fsp3) is 0.333. The highest BCUT2D eigenvalue weighted by molar-refractivity contribution is 5.85. The Morgan fingerprint density at radius 1 is 0.970 bits per heavy atom. The Hall–Kier alpha value is -2.11. The van der Waals surface area contributed by atoms with Gasteiger partial charge in [0, 0.05) is 36.7 Å². The monoisotopic (exact) mass is 488 g/mol.